The van der Waals surface area contributed by atoms with Crippen LogP contribution in [0.5, 0.6) is 5.75 Å². The van der Waals surface area contributed by atoms with Crippen molar-refractivity contribution in [3.05, 3.63) is 64.3 Å². The standard InChI is InChI=1S/C20H19Cl2IN4O/c21-17-3-1-4-18(22)16(17)12-28-15-6-7-19-14(11-15)8-10-26(19)9-2-5-20-24-23-13-27(23)25-20/h1,3-4,6-8,10-11H,2,5,9,12-13H2,(H,24,25). The van der Waals surface area contributed by atoms with E-state index in [1.165, 1.54) is 21.3 Å². The minimum absolute atomic E-state index is 0.349. The normalized spacial score (nSPS) is 18.7. The molecule has 3 aromatic rings. The molecule has 1 fully saturated rings. The zero-order chi connectivity index (χ0) is 19.1. The maximum absolute atomic E-state index is 6.22. The van der Waals surface area contributed by atoms with Gasteiger partial charge in [0, 0.05) is 15.6 Å². The number of alkyl halides is 1. The predicted molar refractivity (Wildman–Crippen MR) is 123 cm³/mol. The maximum atomic E-state index is 6.22. The number of rotatable bonds is 7. The first-order valence-electron chi connectivity index (χ1n) is 9.10. The quantitative estimate of drug-likeness (QED) is 0.138. The zero-order valence-corrected chi connectivity index (χ0v) is 18.7. The molecule has 1 N–H and O–H groups in total. The van der Waals surface area contributed by atoms with Crippen LogP contribution in [0.4, 0.5) is 0 Å². The van der Waals surface area contributed by atoms with Gasteiger partial charge in [-0.15, -0.1) is 0 Å². The Balaban J connectivity index is 1.22. The molecular formula is C20H19Cl2IN4O. The van der Waals surface area contributed by atoms with Crippen LogP contribution in [0, 0.1) is 0 Å². The molecule has 146 valence electrons. The van der Waals surface area contributed by atoms with E-state index in [9.17, 15) is 0 Å². The fourth-order valence-electron chi connectivity index (χ4n) is 3.31. The third-order valence-corrected chi connectivity index (χ3v) is 9.11. The first-order chi connectivity index (χ1) is 13.7. The molecule has 8 heteroatoms. The fraction of sp³-hybridized carbons (Fsp3) is 0.250. The molecule has 1 atom stereocenters. The van der Waals surface area contributed by atoms with Gasteiger partial charge in [-0.2, -0.15) is 0 Å². The molecule has 5 nitrogen and oxygen atoms in total. The van der Waals surface area contributed by atoms with E-state index < -0.39 is 20.4 Å². The van der Waals surface area contributed by atoms with Gasteiger partial charge in [-0.3, -0.25) is 0 Å². The number of benzene rings is 2. The Morgan fingerprint density at radius 3 is 2.79 bits per heavy atom. The summed E-state index contributed by atoms with van der Waals surface area (Å²) in [7, 11) is 0. The molecule has 1 saturated heterocycles. The second kappa shape index (κ2) is 7.74. The number of aromatic nitrogens is 1. The van der Waals surface area contributed by atoms with Gasteiger partial charge in [-0.1, -0.05) is 29.3 Å². The van der Waals surface area contributed by atoms with Crippen LogP contribution in [0.3, 0.4) is 0 Å². The molecule has 3 heterocycles. The van der Waals surface area contributed by atoms with Crippen molar-refractivity contribution in [3.63, 3.8) is 0 Å². The summed E-state index contributed by atoms with van der Waals surface area (Å²) in [5, 5.41) is 2.41. The Labute approximate surface area is 181 Å². The van der Waals surface area contributed by atoms with Gasteiger partial charge in [0.2, 0.25) is 0 Å². The molecule has 0 spiro atoms. The Morgan fingerprint density at radius 2 is 2.00 bits per heavy atom. The van der Waals surface area contributed by atoms with Crippen molar-refractivity contribution < 1.29 is 4.74 Å². The summed E-state index contributed by atoms with van der Waals surface area (Å²) in [4.78, 5) is 0. The van der Waals surface area contributed by atoms with Crippen molar-refractivity contribution in [2.45, 2.75) is 26.0 Å². The number of aryl methyl sites for hydroxylation is 1. The van der Waals surface area contributed by atoms with E-state index in [-0.39, 0.29) is 0 Å². The van der Waals surface area contributed by atoms with Crippen LogP contribution in [0.15, 0.2) is 51.9 Å². The van der Waals surface area contributed by atoms with Gasteiger partial charge in [0.25, 0.3) is 0 Å². The minimum atomic E-state index is -1.02. The van der Waals surface area contributed by atoms with E-state index in [1.807, 2.05) is 24.3 Å². The van der Waals surface area contributed by atoms with Crippen LogP contribution in [0.25, 0.3) is 10.9 Å². The first kappa shape index (κ1) is 18.5. The molecule has 2 aliphatic rings. The fourth-order valence-corrected chi connectivity index (χ4v) is 7.17. The first-order valence-corrected chi connectivity index (χ1v) is 13.3. The van der Waals surface area contributed by atoms with Gasteiger partial charge in [0.1, 0.15) is 0 Å². The van der Waals surface area contributed by atoms with E-state index in [0.717, 1.165) is 30.7 Å². The molecule has 0 bridgehead atoms. The van der Waals surface area contributed by atoms with Crippen molar-refractivity contribution in [2.75, 3.05) is 4.55 Å². The Kier molecular flexibility index (Phi) is 5.13. The zero-order valence-electron chi connectivity index (χ0n) is 15.0. The third-order valence-electron chi connectivity index (χ3n) is 4.83. The van der Waals surface area contributed by atoms with Gasteiger partial charge < -0.3 is 0 Å². The average Bonchev–Trinajstić information content (AvgIpc) is 3.10. The molecule has 0 amide bonds. The topological polar surface area (TPSA) is 41.6 Å². The number of hydrogen-bond donors (Lipinski definition) is 1. The van der Waals surface area contributed by atoms with Gasteiger partial charge in [0.15, 0.2) is 0 Å². The molecule has 1 unspecified atom stereocenters. The van der Waals surface area contributed by atoms with E-state index in [2.05, 4.69) is 37.6 Å². The molecule has 0 radical (unpaired) electrons. The summed E-state index contributed by atoms with van der Waals surface area (Å²) < 4.78 is 16.5. The molecule has 5 rings (SSSR count). The number of nitrogens with zero attached hydrogens (tertiary/aromatic N) is 3. The summed E-state index contributed by atoms with van der Waals surface area (Å²) in [6, 6.07) is 13.8. The van der Waals surface area contributed by atoms with Crippen LogP contribution in [0.1, 0.15) is 18.4 Å². The summed E-state index contributed by atoms with van der Waals surface area (Å²) >= 11 is 11.4. The van der Waals surface area contributed by atoms with Crippen molar-refractivity contribution in [1.29, 1.82) is 0 Å². The second-order valence-electron chi connectivity index (χ2n) is 6.76. The molecule has 1 aromatic heterocycles. The molecule has 0 aliphatic carbocycles. The van der Waals surface area contributed by atoms with Crippen molar-refractivity contribution >= 4 is 60.3 Å². The van der Waals surface area contributed by atoms with Gasteiger partial charge in [-0.05, 0) is 12.1 Å². The molecular weight excluding hydrogens is 510 g/mol. The van der Waals surface area contributed by atoms with Crippen LogP contribution in [-0.4, -0.2) is 18.2 Å². The van der Waals surface area contributed by atoms with E-state index in [1.54, 1.807) is 0 Å². The summed E-state index contributed by atoms with van der Waals surface area (Å²) in [6.45, 7) is 1.33. The predicted octanol–water partition coefficient (Wildman–Crippen LogP) is 5.83. The Hall–Kier alpha value is -1.48. The Morgan fingerprint density at radius 1 is 1.14 bits per heavy atom. The van der Waals surface area contributed by atoms with Crippen molar-refractivity contribution in [3.8, 4) is 5.75 Å². The van der Waals surface area contributed by atoms with Gasteiger partial charge >= 0.3 is 125 Å². The number of hydrogen-bond acceptors (Lipinski definition) is 4. The number of hydrazine groups is 1. The van der Waals surface area contributed by atoms with E-state index in [0.29, 0.717) is 16.7 Å². The Bertz CT molecular complexity index is 1050. The summed E-state index contributed by atoms with van der Waals surface area (Å²) in [5.41, 5.74) is 5.42. The van der Waals surface area contributed by atoms with E-state index in [4.69, 9.17) is 31.1 Å². The van der Waals surface area contributed by atoms with Gasteiger partial charge in [-0.25, -0.2) is 0 Å². The SMILES string of the molecule is Clc1cccc(Cl)c1COc1ccc2c(ccn2CCCC2=NI3CN3N2)c1. The monoisotopic (exact) mass is 528 g/mol. The molecule has 2 aromatic carbocycles. The number of halogens is 3. The molecule has 2 aliphatic heterocycles. The van der Waals surface area contributed by atoms with E-state index >= 15 is 0 Å². The summed E-state index contributed by atoms with van der Waals surface area (Å²) in [5.74, 6) is 1.99. The van der Waals surface area contributed by atoms with Crippen molar-refractivity contribution in [2.24, 2.45) is 3.21 Å². The third kappa shape index (κ3) is 3.83. The number of amidine groups is 1. The van der Waals surface area contributed by atoms with Crippen LogP contribution >= 0.6 is 43.6 Å². The number of ether oxygens (including phenoxy) is 1. The second-order valence-corrected chi connectivity index (χ2v) is 11.7. The number of fused-ring (bicyclic) bond motifs is 2. The molecule has 28 heavy (non-hydrogen) atoms. The average molecular weight is 529 g/mol. The number of nitrogens with one attached hydrogen (secondary N) is 1. The van der Waals surface area contributed by atoms with Crippen LogP contribution in [0.2, 0.25) is 10.0 Å². The molecule has 0 saturated carbocycles. The van der Waals surface area contributed by atoms with Crippen LogP contribution in [-0.2, 0) is 13.2 Å². The summed E-state index contributed by atoms with van der Waals surface area (Å²) in [6.07, 6.45) is 4.24. The van der Waals surface area contributed by atoms with Crippen LogP contribution < -0.4 is 10.2 Å². The van der Waals surface area contributed by atoms with Gasteiger partial charge in [0.05, 0.1) is 0 Å². The van der Waals surface area contributed by atoms with Crippen molar-refractivity contribution in [1.82, 2.24) is 13.2 Å².